The standard InChI is InChI=1S/C9H15N3OS/c1-3-4-7(10)8(13)12-9-11-5-6(2)14-9/h5,7H,3-4,10H2,1-2H3,(H,11,12,13)/t7-/m0/s1. The van der Waals surface area contributed by atoms with E-state index < -0.39 is 6.04 Å². The number of hydrogen-bond donors (Lipinski definition) is 2. The zero-order valence-corrected chi connectivity index (χ0v) is 9.23. The van der Waals surface area contributed by atoms with Crippen molar-refractivity contribution in [2.75, 3.05) is 5.32 Å². The Morgan fingerprint density at radius 1 is 1.79 bits per heavy atom. The van der Waals surface area contributed by atoms with E-state index >= 15 is 0 Å². The molecule has 0 bridgehead atoms. The first-order valence-electron chi connectivity index (χ1n) is 4.62. The molecule has 14 heavy (non-hydrogen) atoms. The quantitative estimate of drug-likeness (QED) is 0.796. The molecule has 78 valence electrons. The number of nitrogens with one attached hydrogen (secondary N) is 1. The maximum Gasteiger partial charge on any atom is 0.243 e. The zero-order chi connectivity index (χ0) is 10.6. The average molecular weight is 213 g/mol. The molecule has 1 heterocycles. The average Bonchev–Trinajstić information content (AvgIpc) is 2.51. The second kappa shape index (κ2) is 5.07. The Morgan fingerprint density at radius 2 is 2.50 bits per heavy atom. The third-order valence-electron chi connectivity index (χ3n) is 1.79. The van der Waals surface area contributed by atoms with E-state index in [1.165, 1.54) is 11.3 Å². The minimum absolute atomic E-state index is 0.152. The van der Waals surface area contributed by atoms with Gasteiger partial charge in [-0.2, -0.15) is 0 Å². The van der Waals surface area contributed by atoms with E-state index in [4.69, 9.17) is 5.73 Å². The fourth-order valence-electron chi connectivity index (χ4n) is 1.05. The number of amides is 1. The molecule has 0 aliphatic carbocycles. The molecule has 0 spiro atoms. The fraction of sp³-hybridized carbons (Fsp3) is 0.556. The number of nitrogens with zero attached hydrogens (tertiary/aromatic N) is 1. The number of aryl methyl sites for hydroxylation is 1. The van der Waals surface area contributed by atoms with Crippen LogP contribution in [0.15, 0.2) is 6.20 Å². The first-order valence-corrected chi connectivity index (χ1v) is 5.44. The molecule has 3 N–H and O–H groups in total. The van der Waals surface area contributed by atoms with Gasteiger partial charge in [0.2, 0.25) is 5.91 Å². The zero-order valence-electron chi connectivity index (χ0n) is 8.41. The highest BCUT2D eigenvalue weighted by atomic mass is 32.1. The molecule has 0 unspecified atom stereocenters. The molecule has 0 saturated heterocycles. The largest absolute Gasteiger partial charge is 0.320 e. The number of anilines is 1. The summed E-state index contributed by atoms with van der Waals surface area (Å²) in [5.74, 6) is -0.152. The molecule has 4 nitrogen and oxygen atoms in total. The minimum atomic E-state index is -0.427. The first kappa shape index (κ1) is 11.1. The number of carbonyl (C=O) groups excluding carboxylic acids is 1. The molecule has 0 fully saturated rings. The molecule has 1 rings (SSSR count). The van der Waals surface area contributed by atoms with Gasteiger partial charge in [-0.05, 0) is 13.3 Å². The third kappa shape index (κ3) is 3.08. The lowest BCUT2D eigenvalue weighted by atomic mass is 10.2. The van der Waals surface area contributed by atoms with Crippen molar-refractivity contribution in [3.05, 3.63) is 11.1 Å². The van der Waals surface area contributed by atoms with Gasteiger partial charge in [0.25, 0.3) is 0 Å². The minimum Gasteiger partial charge on any atom is -0.320 e. The molecule has 1 aromatic heterocycles. The highest BCUT2D eigenvalue weighted by molar-refractivity contribution is 7.15. The van der Waals surface area contributed by atoms with E-state index in [0.717, 1.165) is 11.3 Å². The SMILES string of the molecule is CCC[C@H](N)C(=O)Nc1ncc(C)s1. The van der Waals surface area contributed by atoms with Gasteiger partial charge < -0.3 is 11.1 Å². The number of aromatic nitrogens is 1. The van der Waals surface area contributed by atoms with Crippen LogP contribution < -0.4 is 11.1 Å². The van der Waals surface area contributed by atoms with E-state index in [-0.39, 0.29) is 5.91 Å². The molecule has 0 radical (unpaired) electrons. The molecule has 5 heteroatoms. The highest BCUT2D eigenvalue weighted by Gasteiger charge is 2.13. The number of rotatable bonds is 4. The monoisotopic (exact) mass is 213 g/mol. The molecular formula is C9H15N3OS. The summed E-state index contributed by atoms with van der Waals surface area (Å²) in [7, 11) is 0. The van der Waals surface area contributed by atoms with Crippen LogP contribution >= 0.6 is 11.3 Å². The van der Waals surface area contributed by atoms with Crippen LogP contribution in [-0.2, 0) is 4.79 Å². The second-order valence-electron chi connectivity index (χ2n) is 3.16. The maximum absolute atomic E-state index is 11.4. The molecule has 1 atom stereocenters. The van der Waals surface area contributed by atoms with Gasteiger partial charge in [-0.1, -0.05) is 13.3 Å². The van der Waals surface area contributed by atoms with Gasteiger partial charge in [0, 0.05) is 11.1 Å². The van der Waals surface area contributed by atoms with Crippen molar-refractivity contribution in [3.63, 3.8) is 0 Å². The summed E-state index contributed by atoms with van der Waals surface area (Å²) in [5.41, 5.74) is 5.65. The Hall–Kier alpha value is -0.940. The molecule has 1 amide bonds. The second-order valence-corrected chi connectivity index (χ2v) is 4.40. The van der Waals surface area contributed by atoms with Gasteiger partial charge in [0.1, 0.15) is 0 Å². The summed E-state index contributed by atoms with van der Waals surface area (Å²) < 4.78 is 0. The van der Waals surface area contributed by atoms with Crippen molar-refractivity contribution in [2.45, 2.75) is 32.7 Å². The van der Waals surface area contributed by atoms with E-state index in [1.54, 1.807) is 6.20 Å². The van der Waals surface area contributed by atoms with E-state index in [9.17, 15) is 4.79 Å². The molecule has 0 aromatic carbocycles. The molecule has 0 saturated carbocycles. The van der Waals surface area contributed by atoms with Crippen LogP contribution in [-0.4, -0.2) is 16.9 Å². The lowest BCUT2D eigenvalue weighted by Gasteiger charge is -2.08. The Morgan fingerprint density at radius 3 is 3.00 bits per heavy atom. The Bertz CT molecular complexity index is 311. The van der Waals surface area contributed by atoms with Gasteiger partial charge >= 0.3 is 0 Å². The number of nitrogens with two attached hydrogens (primary N) is 1. The number of carbonyl (C=O) groups is 1. The topological polar surface area (TPSA) is 68.0 Å². The van der Waals surface area contributed by atoms with Crippen molar-refractivity contribution in [2.24, 2.45) is 5.73 Å². The predicted octanol–water partition coefficient (Wildman–Crippen LogP) is 1.52. The van der Waals surface area contributed by atoms with E-state index in [0.29, 0.717) is 11.6 Å². The van der Waals surface area contributed by atoms with Crippen LogP contribution in [0.2, 0.25) is 0 Å². The van der Waals surface area contributed by atoms with Crippen LogP contribution in [0.25, 0.3) is 0 Å². The van der Waals surface area contributed by atoms with Crippen molar-refractivity contribution < 1.29 is 4.79 Å². The maximum atomic E-state index is 11.4. The van der Waals surface area contributed by atoms with Crippen LogP contribution in [0.5, 0.6) is 0 Å². The smallest absolute Gasteiger partial charge is 0.243 e. The predicted molar refractivity (Wildman–Crippen MR) is 58.4 cm³/mol. The van der Waals surface area contributed by atoms with Crippen molar-refractivity contribution in [1.82, 2.24) is 4.98 Å². The summed E-state index contributed by atoms with van der Waals surface area (Å²) >= 11 is 1.45. The van der Waals surface area contributed by atoms with Crippen LogP contribution in [0, 0.1) is 6.92 Å². The third-order valence-corrected chi connectivity index (χ3v) is 2.62. The molecule has 1 aromatic rings. The lowest BCUT2D eigenvalue weighted by Crippen LogP contribution is -2.35. The summed E-state index contributed by atoms with van der Waals surface area (Å²) in [4.78, 5) is 16.5. The normalized spacial score (nSPS) is 12.5. The molecule has 0 aliphatic heterocycles. The highest BCUT2D eigenvalue weighted by Crippen LogP contribution is 2.16. The van der Waals surface area contributed by atoms with Crippen LogP contribution in [0.3, 0.4) is 0 Å². The van der Waals surface area contributed by atoms with E-state index in [1.807, 2.05) is 13.8 Å². The van der Waals surface area contributed by atoms with Gasteiger partial charge in [0.15, 0.2) is 5.13 Å². The summed E-state index contributed by atoms with van der Waals surface area (Å²) in [5, 5.41) is 3.31. The first-order chi connectivity index (χ1) is 6.63. The summed E-state index contributed by atoms with van der Waals surface area (Å²) in [6, 6.07) is -0.427. The fourth-order valence-corrected chi connectivity index (χ4v) is 1.72. The molecular weight excluding hydrogens is 198 g/mol. The van der Waals surface area contributed by atoms with Crippen molar-refractivity contribution >= 4 is 22.4 Å². The number of hydrogen-bond acceptors (Lipinski definition) is 4. The van der Waals surface area contributed by atoms with Crippen molar-refractivity contribution in [1.29, 1.82) is 0 Å². The Kier molecular flexibility index (Phi) is 4.03. The van der Waals surface area contributed by atoms with Gasteiger partial charge in [-0.25, -0.2) is 4.98 Å². The van der Waals surface area contributed by atoms with Crippen molar-refractivity contribution in [3.8, 4) is 0 Å². The van der Waals surface area contributed by atoms with Gasteiger partial charge in [-0.3, -0.25) is 4.79 Å². The van der Waals surface area contributed by atoms with E-state index in [2.05, 4.69) is 10.3 Å². The Labute approximate surface area is 87.5 Å². The molecule has 0 aliphatic rings. The van der Waals surface area contributed by atoms with Crippen LogP contribution in [0.4, 0.5) is 5.13 Å². The summed E-state index contributed by atoms with van der Waals surface area (Å²) in [6.45, 7) is 3.94. The number of thiazole rings is 1. The van der Waals surface area contributed by atoms with Crippen LogP contribution in [0.1, 0.15) is 24.6 Å². The Balaban J connectivity index is 2.48. The lowest BCUT2D eigenvalue weighted by molar-refractivity contribution is -0.117. The van der Waals surface area contributed by atoms with Gasteiger partial charge in [-0.15, -0.1) is 11.3 Å². The van der Waals surface area contributed by atoms with Gasteiger partial charge in [0.05, 0.1) is 6.04 Å². The summed E-state index contributed by atoms with van der Waals surface area (Å²) in [6.07, 6.45) is 3.34.